The third-order valence-electron chi connectivity index (χ3n) is 6.61. The smallest absolute Gasteiger partial charge is 0.186 e. The zero-order valence-corrected chi connectivity index (χ0v) is 20.3. The molecule has 1 fully saturated rings. The van der Waals surface area contributed by atoms with Crippen molar-refractivity contribution in [1.82, 2.24) is 30.1 Å². The molecular formula is C27H27N7S. The molecule has 0 radical (unpaired) electrons. The summed E-state index contributed by atoms with van der Waals surface area (Å²) in [5.74, 6) is 0.903. The van der Waals surface area contributed by atoms with E-state index in [2.05, 4.69) is 104 Å². The summed E-state index contributed by atoms with van der Waals surface area (Å²) in [5.41, 5.74) is 3.58. The van der Waals surface area contributed by atoms with Crippen molar-refractivity contribution >= 4 is 26.7 Å². The summed E-state index contributed by atoms with van der Waals surface area (Å²) < 4.78 is 3.22. The van der Waals surface area contributed by atoms with Gasteiger partial charge in [0.1, 0.15) is 0 Å². The number of tetrazole rings is 1. The molecule has 1 saturated heterocycles. The molecule has 35 heavy (non-hydrogen) atoms. The predicted molar refractivity (Wildman–Crippen MR) is 140 cm³/mol. The van der Waals surface area contributed by atoms with Gasteiger partial charge in [-0.1, -0.05) is 84.1 Å². The highest BCUT2D eigenvalue weighted by Crippen LogP contribution is 2.32. The molecule has 0 aliphatic carbocycles. The van der Waals surface area contributed by atoms with Gasteiger partial charge in [0.15, 0.2) is 11.0 Å². The number of para-hydroxylation sites is 1. The molecule has 1 aliphatic rings. The van der Waals surface area contributed by atoms with Crippen molar-refractivity contribution in [3.8, 4) is 0 Å². The van der Waals surface area contributed by atoms with Crippen LogP contribution >= 0.6 is 11.3 Å². The van der Waals surface area contributed by atoms with Gasteiger partial charge in [0.25, 0.3) is 0 Å². The standard InChI is InChI=1S/C27H27N7S/c1-3-9-21(10-4-1)15-16-34-26(29-30-31-34)25(22-11-5-2-6-12-22)32-17-19-33(20-18-32)27-28-23-13-7-8-14-24(23)35-27/h1-14,25H,15-20H2. The molecule has 176 valence electrons. The Bertz CT molecular complexity index is 1340. The Hall–Kier alpha value is -3.62. The van der Waals surface area contributed by atoms with Gasteiger partial charge in [-0.05, 0) is 40.1 Å². The maximum Gasteiger partial charge on any atom is 0.186 e. The van der Waals surface area contributed by atoms with Gasteiger partial charge in [0, 0.05) is 32.7 Å². The second-order valence-electron chi connectivity index (χ2n) is 8.80. The first-order valence-electron chi connectivity index (χ1n) is 12.0. The van der Waals surface area contributed by atoms with E-state index < -0.39 is 0 Å². The summed E-state index contributed by atoms with van der Waals surface area (Å²) in [5, 5.41) is 14.1. The summed E-state index contributed by atoms with van der Waals surface area (Å²) in [6, 6.07) is 29.5. The lowest BCUT2D eigenvalue weighted by molar-refractivity contribution is 0.200. The number of rotatable bonds is 7. The number of thiazole rings is 1. The Morgan fingerprint density at radius 2 is 1.51 bits per heavy atom. The number of hydrogen-bond donors (Lipinski definition) is 0. The van der Waals surface area contributed by atoms with Crippen LogP contribution in [0.2, 0.25) is 0 Å². The molecule has 8 heteroatoms. The summed E-state index contributed by atoms with van der Waals surface area (Å²) >= 11 is 1.77. The summed E-state index contributed by atoms with van der Waals surface area (Å²) in [4.78, 5) is 9.78. The van der Waals surface area contributed by atoms with Crippen molar-refractivity contribution in [2.75, 3.05) is 31.1 Å². The zero-order valence-electron chi connectivity index (χ0n) is 19.4. The van der Waals surface area contributed by atoms with E-state index in [0.717, 1.165) is 55.6 Å². The Morgan fingerprint density at radius 1 is 0.800 bits per heavy atom. The maximum absolute atomic E-state index is 4.87. The largest absolute Gasteiger partial charge is 0.345 e. The Labute approximate surface area is 208 Å². The fraction of sp³-hybridized carbons (Fsp3) is 0.259. The Kier molecular flexibility index (Phi) is 6.21. The van der Waals surface area contributed by atoms with Gasteiger partial charge in [-0.15, -0.1) is 5.10 Å². The lowest BCUT2D eigenvalue weighted by Gasteiger charge is -2.38. The third-order valence-corrected chi connectivity index (χ3v) is 7.70. The topological polar surface area (TPSA) is 63.0 Å². The van der Waals surface area contributed by atoms with Crippen molar-refractivity contribution < 1.29 is 0 Å². The molecule has 0 amide bonds. The van der Waals surface area contributed by atoms with Crippen LogP contribution in [0.4, 0.5) is 5.13 Å². The van der Waals surface area contributed by atoms with Crippen LogP contribution in [0.25, 0.3) is 10.2 Å². The number of anilines is 1. The summed E-state index contributed by atoms with van der Waals surface area (Å²) in [6.45, 7) is 4.44. The third kappa shape index (κ3) is 4.67. The molecule has 3 heterocycles. The summed E-state index contributed by atoms with van der Waals surface area (Å²) in [6.07, 6.45) is 0.895. The molecule has 0 bridgehead atoms. The van der Waals surface area contributed by atoms with Crippen LogP contribution < -0.4 is 4.90 Å². The first kappa shape index (κ1) is 21.9. The van der Waals surface area contributed by atoms with E-state index in [0.29, 0.717) is 0 Å². The van der Waals surface area contributed by atoms with E-state index in [1.807, 2.05) is 10.7 Å². The van der Waals surface area contributed by atoms with Gasteiger partial charge < -0.3 is 4.90 Å². The highest BCUT2D eigenvalue weighted by atomic mass is 32.1. The Morgan fingerprint density at radius 3 is 2.29 bits per heavy atom. The average molecular weight is 482 g/mol. The fourth-order valence-electron chi connectivity index (χ4n) is 4.77. The predicted octanol–water partition coefficient (Wildman–Crippen LogP) is 4.44. The van der Waals surface area contributed by atoms with Gasteiger partial charge in [0.05, 0.1) is 16.3 Å². The van der Waals surface area contributed by atoms with Gasteiger partial charge >= 0.3 is 0 Å². The van der Waals surface area contributed by atoms with E-state index in [1.165, 1.54) is 15.8 Å². The molecule has 5 aromatic rings. The number of nitrogens with zero attached hydrogens (tertiary/aromatic N) is 7. The van der Waals surface area contributed by atoms with Crippen LogP contribution in [0.15, 0.2) is 84.9 Å². The first-order chi connectivity index (χ1) is 17.3. The molecule has 3 aromatic carbocycles. The molecule has 1 aliphatic heterocycles. The van der Waals surface area contributed by atoms with Crippen LogP contribution in [-0.4, -0.2) is 56.3 Å². The van der Waals surface area contributed by atoms with Crippen LogP contribution in [-0.2, 0) is 13.0 Å². The van der Waals surface area contributed by atoms with Crippen LogP contribution in [0.1, 0.15) is 23.0 Å². The fourth-order valence-corrected chi connectivity index (χ4v) is 5.79. The number of piperazine rings is 1. The van der Waals surface area contributed by atoms with Crippen molar-refractivity contribution in [2.24, 2.45) is 0 Å². The lowest BCUT2D eigenvalue weighted by atomic mass is 10.0. The zero-order chi connectivity index (χ0) is 23.5. The first-order valence-corrected chi connectivity index (χ1v) is 12.9. The van der Waals surface area contributed by atoms with Gasteiger partial charge in [-0.3, -0.25) is 4.90 Å². The average Bonchev–Trinajstić information content (AvgIpc) is 3.57. The quantitative estimate of drug-likeness (QED) is 0.343. The molecule has 1 atom stereocenters. The van der Waals surface area contributed by atoms with E-state index in [-0.39, 0.29) is 6.04 Å². The molecule has 1 unspecified atom stereocenters. The minimum atomic E-state index is 0.0134. The number of fused-ring (bicyclic) bond motifs is 1. The number of aromatic nitrogens is 5. The number of benzene rings is 3. The number of aryl methyl sites for hydroxylation is 2. The van der Waals surface area contributed by atoms with E-state index in [9.17, 15) is 0 Å². The van der Waals surface area contributed by atoms with Crippen molar-refractivity contribution in [2.45, 2.75) is 19.0 Å². The molecule has 0 spiro atoms. The minimum absolute atomic E-state index is 0.0134. The van der Waals surface area contributed by atoms with Crippen molar-refractivity contribution in [1.29, 1.82) is 0 Å². The maximum atomic E-state index is 4.87. The van der Waals surface area contributed by atoms with E-state index in [1.54, 1.807) is 11.3 Å². The molecule has 0 saturated carbocycles. The van der Waals surface area contributed by atoms with Crippen molar-refractivity contribution in [3.63, 3.8) is 0 Å². The van der Waals surface area contributed by atoms with E-state index in [4.69, 9.17) is 4.98 Å². The van der Waals surface area contributed by atoms with Crippen molar-refractivity contribution in [3.05, 3.63) is 102 Å². The van der Waals surface area contributed by atoms with Gasteiger partial charge in [-0.25, -0.2) is 9.67 Å². The SMILES string of the molecule is c1ccc(CCn2nnnc2C(c2ccccc2)N2CCN(c3nc4ccccc4s3)CC2)cc1. The second kappa shape index (κ2) is 9.93. The van der Waals surface area contributed by atoms with Gasteiger partial charge in [-0.2, -0.15) is 0 Å². The van der Waals surface area contributed by atoms with Gasteiger partial charge in [0.2, 0.25) is 0 Å². The molecule has 2 aromatic heterocycles. The number of hydrogen-bond acceptors (Lipinski definition) is 7. The van der Waals surface area contributed by atoms with Crippen LogP contribution in [0.3, 0.4) is 0 Å². The normalized spacial score (nSPS) is 15.5. The Balaban J connectivity index is 1.23. The monoisotopic (exact) mass is 481 g/mol. The second-order valence-corrected chi connectivity index (χ2v) is 9.81. The molecule has 0 N–H and O–H groups in total. The highest BCUT2D eigenvalue weighted by molar-refractivity contribution is 7.22. The molecular weight excluding hydrogens is 454 g/mol. The highest BCUT2D eigenvalue weighted by Gasteiger charge is 2.31. The van der Waals surface area contributed by atoms with E-state index >= 15 is 0 Å². The minimum Gasteiger partial charge on any atom is -0.345 e. The van der Waals surface area contributed by atoms with Crippen LogP contribution in [0.5, 0.6) is 0 Å². The van der Waals surface area contributed by atoms with Crippen LogP contribution in [0, 0.1) is 0 Å². The summed E-state index contributed by atoms with van der Waals surface area (Å²) in [7, 11) is 0. The molecule has 7 nitrogen and oxygen atoms in total. The molecule has 6 rings (SSSR count). The lowest BCUT2D eigenvalue weighted by Crippen LogP contribution is -2.48.